The molecule has 2 saturated heterocycles. The summed E-state index contributed by atoms with van der Waals surface area (Å²) >= 11 is 0. The molecule has 0 radical (unpaired) electrons. The van der Waals surface area contributed by atoms with E-state index in [0.29, 0.717) is 45.6 Å². The zero-order valence-electron chi connectivity index (χ0n) is 15.6. The molecule has 1 aromatic carbocycles. The van der Waals surface area contributed by atoms with E-state index in [1.165, 1.54) is 0 Å². The Morgan fingerprint density at radius 3 is 2.67 bits per heavy atom. The van der Waals surface area contributed by atoms with Gasteiger partial charge in [-0.2, -0.15) is 0 Å². The van der Waals surface area contributed by atoms with E-state index >= 15 is 0 Å². The minimum atomic E-state index is -0.0209. The zero-order chi connectivity index (χ0) is 18.6. The maximum absolute atomic E-state index is 13.0. The number of hydrogen-bond acceptors (Lipinski definition) is 4. The van der Waals surface area contributed by atoms with Crippen LogP contribution in [0.25, 0.3) is 0 Å². The van der Waals surface area contributed by atoms with E-state index in [-0.39, 0.29) is 24.0 Å². The lowest BCUT2D eigenvalue weighted by atomic mass is 9.96. The van der Waals surface area contributed by atoms with Gasteiger partial charge in [0.1, 0.15) is 12.4 Å². The molecule has 1 N–H and O–H groups in total. The van der Waals surface area contributed by atoms with Crippen LogP contribution in [0.5, 0.6) is 5.75 Å². The van der Waals surface area contributed by atoms with E-state index in [1.54, 1.807) is 4.90 Å². The van der Waals surface area contributed by atoms with Gasteiger partial charge in [0.2, 0.25) is 5.91 Å². The molecule has 27 heavy (non-hydrogen) atoms. The minimum absolute atomic E-state index is 0.00367. The Hall–Kier alpha value is -2.28. The molecule has 3 aliphatic rings. The number of piperidine rings is 1. The molecule has 1 atom stereocenters. The fourth-order valence-corrected chi connectivity index (χ4v) is 4.04. The van der Waals surface area contributed by atoms with Crippen molar-refractivity contribution in [2.75, 3.05) is 44.3 Å². The Kier molecular flexibility index (Phi) is 5.48. The number of urea groups is 1. The van der Waals surface area contributed by atoms with Crippen molar-refractivity contribution in [3.8, 4) is 5.75 Å². The Morgan fingerprint density at radius 1 is 1.07 bits per heavy atom. The van der Waals surface area contributed by atoms with Crippen molar-refractivity contribution in [3.05, 3.63) is 24.3 Å². The van der Waals surface area contributed by atoms with Gasteiger partial charge < -0.3 is 19.7 Å². The molecular formula is C20H27N3O4. The van der Waals surface area contributed by atoms with Crippen molar-refractivity contribution >= 4 is 17.6 Å². The number of para-hydroxylation sites is 2. The number of anilines is 1. The van der Waals surface area contributed by atoms with Gasteiger partial charge in [0, 0.05) is 32.2 Å². The fraction of sp³-hybridized carbons (Fsp3) is 0.600. The second kappa shape index (κ2) is 8.17. The molecule has 3 aliphatic heterocycles. The van der Waals surface area contributed by atoms with Crippen LogP contribution in [0.3, 0.4) is 0 Å². The average Bonchev–Trinajstić information content (AvgIpc) is 3.25. The van der Waals surface area contributed by atoms with Gasteiger partial charge in [-0.3, -0.25) is 9.69 Å². The van der Waals surface area contributed by atoms with E-state index in [4.69, 9.17) is 9.47 Å². The third kappa shape index (κ3) is 4.03. The van der Waals surface area contributed by atoms with Gasteiger partial charge in [-0.1, -0.05) is 12.1 Å². The summed E-state index contributed by atoms with van der Waals surface area (Å²) in [6, 6.07) is 7.63. The fourth-order valence-electron chi connectivity index (χ4n) is 4.04. The van der Waals surface area contributed by atoms with Crippen LogP contribution in [0.2, 0.25) is 0 Å². The smallest absolute Gasteiger partial charge is 0.324 e. The maximum atomic E-state index is 13.0. The van der Waals surface area contributed by atoms with Crippen LogP contribution in [0.4, 0.5) is 10.5 Å². The molecule has 3 amide bonds. The van der Waals surface area contributed by atoms with Crippen molar-refractivity contribution in [2.24, 2.45) is 5.92 Å². The monoisotopic (exact) mass is 373 g/mol. The normalized spacial score (nSPS) is 22.9. The number of fused-ring (bicyclic) bond motifs is 1. The molecule has 7 heteroatoms. The number of carbonyl (C=O) groups is 2. The number of carbonyl (C=O) groups excluding carboxylic acids is 2. The van der Waals surface area contributed by atoms with Gasteiger partial charge in [0.05, 0.1) is 18.3 Å². The van der Waals surface area contributed by atoms with Gasteiger partial charge in [0.15, 0.2) is 0 Å². The molecule has 0 aliphatic carbocycles. The van der Waals surface area contributed by atoms with Crippen molar-refractivity contribution < 1.29 is 19.1 Å². The van der Waals surface area contributed by atoms with E-state index < -0.39 is 0 Å². The Labute approximate surface area is 159 Å². The van der Waals surface area contributed by atoms with Crippen LogP contribution in [-0.2, 0) is 9.53 Å². The Bertz CT molecular complexity index is 682. The summed E-state index contributed by atoms with van der Waals surface area (Å²) in [6.07, 6.45) is 3.67. The van der Waals surface area contributed by atoms with Crippen LogP contribution >= 0.6 is 0 Å². The van der Waals surface area contributed by atoms with Crippen LogP contribution in [0, 0.1) is 5.92 Å². The van der Waals surface area contributed by atoms with Crippen molar-refractivity contribution in [3.63, 3.8) is 0 Å². The summed E-state index contributed by atoms with van der Waals surface area (Å²) in [5, 5.41) is 3.02. The first kappa shape index (κ1) is 18.1. The Balaban J connectivity index is 1.29. The number of nitrogens with one attached hydrogen (secondary N) is 1. The van der Waals surface area contributed by atoms with Gasteiger partial charge in [-0.15, -0.1) is 0 Å². The highest BCUT2D eigenvalue weighted by Crippen LogP contribution is 2.32. The van der Waals surface area contributed by atoms with Crippen LogP contribution in [0.15, 0.2) is 24.3 Å². The average molecular weight is 373 g/mol. The predicted octanol–water partition coefficient (Wildman–Crippen LogP) is 2.01. The van der Waals surface area contributed by atoms with Crippen LogP contribution in [0.1, 0.15) is 25.7 Å². The molecule has 0 saturated carbocycles. The van der Waals surface area contributed by atoms with Gasteiger partial charge in [-0.25, -0.2) is 4.79 Å². The number of nitrogens with zero attached hydrogens (tertiary/aromatic N) is 2. The minimum Gasteiger partial charge on any atom is -0.490 e. The van der Waals surface area contributed by atoms with Crippen molar-refractivity contribution in [1.29, 1.82) is 0 Å². The molecular weight excluding hydrogens is 346 g/mol. The number of benzene rings is 1. The number of amides is 3. The molecule has 0 spiro atoms. The van der Waals surface area contributed by atoms with E-state index in [0.717, 1.165) is 30.9 Å². The quantitative estimate of drug-likeness (QED) is 0.880. The number of likely N-dealkylation sites (tertiary alicyclic amines) is 1. The van der Waals surface area contributed by atoms with E-state index in [1.807, 2.05) is 29.2 Å². The highest BCUT2D eigenvalue weighted by atomic mass is 16.5. The number of rotatable bonds is 3. The molecule has 1 aromatic rings. The molecule has 0 bridgehead atoms. The highest BCUT2D eigenvalue weighted by molar-refractivity contribution is 5.94. The SMILES string of the molecule is O=C(NC[C@@H]1CCCO1)C1CCN(C(=O)N2CCOc3ccccc32)CC1. The molecule has 2 fully saturated rings. The molecule has 0 unspecified atom stereocenters. The van der Waals surface area contributed by atoms with Crippen LogP contribution < -0.4 is 15.0 Å². The number of hydrogen-bond donors (Lipinski definition) is 1. The molecule has 7 nitrogen and oxygen atoms in total. The lowest BCUT2D eigenvalue weighted by Gasteiger charge is -2.37. The standard InChI is InChI=1S/C20H27N3O4/c24-19(21-14-16-4-3-12-26-16)15-7-9-22(10-8-15)20(25)23-11-13-27-18-6-2-1-5-17(18)23/h1-2,5-6,15-16H,3-4,7-14H2,(H,21,24)/t16-/m0/s1. The topological polar surface area (TPSA) is 71.1 Å². The summed E-state index contributed by atoms with van der Waals surface area (Å²) in [6.45, 7) is 3.67. The largest absolute Gasteiger partial charge is 0.490 e. The number of ether oxygens (including phenoxy) is 2. The summed E-state index contributed by atoms with van der Waals surface area (Å²) in [7, 11) is 0. The third-order valence-corrected chi connectivity index (χ3v) is 5.62. The lowest BCUT2D eigenvalue weighted by molar-refractivity contribution is -0.126. The van der Waals surface area contributed by atoms with E-state index in [9.17, 15) is 9.59 Å². The third-order valence-electron chi connectivity index (χ3n) is 5.62. The summed E-state index contributed by atoms with van der Waals surface area (Å²) in [5.41, 5.74) is 0.824. The molecule has 3 heterocycles. The van der Waals surface area contributed by atoms with E-state index in [2.05, 4.69) is 5.32 Å². The van der Waals surface area contributed by atoms with Crippen LogP contribution in [-0.4, -0.2) is 62.3 Å². The predicted molar refractivity (Wildman–Crippen MR) is 101 cm³/mol. The summed E-state index contributed by atoms with van der Waals surface area (Å²) in [5.74, 6) is 0.822. The first-order valence-electron chi connectivity index (χ1n) is 9.90. The highest BCUT2D eigenvalue weighted by Gasteiger charge is 2.32. The summed E-state index contributed by atoms with van der Waals surface area (Å²) in [4.78, 5) is 29.0. The Morgan fingerprint density at radius 2 is 1.89 bits per heavy atom. The zero-order valence-corrected chi connectivity index (χ0v) is 15.6. The maximum Gasteiger partial charge on any atom is 0.324 e. The summed E-state index contributed by atoms with van der Waals surface area (Å²) < 4.78 is 11.2. The molecule has 146 valence electrons. The van der Waals surface area contributed by atoms with Gasteiger partial charge in [-0.05, 0) is 37.8 Å². The second-order valence-electron chi connectivity index (χ2n) is 7.39. The first-order chi connectivity index (χ1) is 13.2. The van der Waals surface area contributed by atoms with Gasteiger partial charge >= 0.3 is 6.03 Å². The lowest BCUT2D eigenvalue weighted by Crippen LogP contribution is -2.50. The van der Waals surface area contributed by atoms with Gasteiger partial charge in [0.25, 0.3) is 0 Å². The second-order valence-corrected chi connectivity index (χ2v) is 7.39. The first-order valence-corrected chi connectivity index (χ1v) is 9.90. The van der Waals surface area contributed by atoms with Crippen molar-refractivity contribution in [2.45, 2.75) is 31.8 Å². The molecule has 4 rings (SSSR count). The molecule has 0 aromatic heterocycles. The van der Waals surface area contributed by atoms with Crippen molar-refractivity contribution in [1.82, 2.24) is 10.2 Å².